The van der Waals surface area contributed by atoms with E-state index < -0.39 is 6.10 Å². The van der Waals surface area contributed by atoms with Gasteiger partial charge in [0.2, 0.25) is 0 Å². The van der Waals surface area contributed by atoms with Crippen molar-refractivity contribution in [3.8, 4) is 5.75 Å². The zero-order chi connectivity index (χ0) is 20.9. The number of aliphatic hydroxyl groups is 1. The Morgan fingerprint density at radius 1 is 1.13 bits per heavy atom. The molecule has 0 saturated heterocycles. The molecule has 7 nitrogen and oxygen atoms in total. The highest BCUT2D eigenvalue weighted by Crippen LogP contribution is 2.21. The fourth-order valence-electron chi connectivity index (χ4n) is 2.68. The third-order valence-corrected chi connectivity index (χ3v) is 4.22. The predicted molar refractivity (Wildman–Crippen MR) is 131 cm³/mol. The van der Waals surface area contributed by atoms with E-state index in [2.05, 4.69) is 20.6 Å². The van der Waals surface area contributed by atoms with Crippen LogP contribution < -0.4 is 15.4 Å². The quantitative estimate of drug-likeness (QED) is 0.180. The summed E-state index contributed by atoms with van der Waals surface area (Å²) in [4.78, 5) is 8.62. The fourth-order valence-corrected chi connectivity index (χ4v) is 2.68. The molecule has 0 aliphatic heterocycles. The van der Waals surface area contributed by atoms with Crippen LogP contribution in [-0.4, -0.2) is 49.0 Å². The van der Waals surface area contributed by atoms with Crippen molar-refractivity contribution in [2.45, 2.75) is 33.4 Å². The number of aromatic nitrogens is 1. The zero-order valence-electron chi connectivity index (χ0n) is 17.9. The number of halogens is 1. The molecular weight excluding hydrogens is 495 g/mol. The molecule has 0 aliphatic rings. The lowest BCUT2D eigenvalue weighted by molar-refractivity contribution is 0.110. The van der Waals surface area contributed by atoms with Crippen LogP contribution in [-0.2, 0) is 11.3 Å². The first kappa shape index (κ1) is 26.1. The molecule has 2 aromatic rings. The monoisotopic (exact) mass is 528 g/mol. The van der Waals surface area contributed by atoms with Gasteiger partial charge < -0.3 is 25.2 Å². The third-order valence-electron chi connectivity index (χ3n) is 4.22. The fraction of sp³-hybridized carbons (Fsp3) is 0.455. The number of hydrogen-bond acceptors (Lipinski definition) is 5. The summed E-state index contributed by atoms with van der Waals surface area (Å²) in [6.45, 7) is 9.29. The van der Waals surface area contributed by atoms with Gasteiger partial charge in [0, 0.05) is 37.7 Å². The number of benzene rings is 1. The van der Waals surface area contributed by atoms with Gasteiger partial charge in [0.25, 0.3) is 0 Å². The van der Waals surface area contributed by atoms with Crippen molar-refractivity contribution in [3.05, 3.63) is 59.4 Å². The Morgan fingerprint density at radius 3 is 2.60 bits per heavy atom. The Hall–Kier alpha value is -1.91. The maximum Gasteiger partial charge on any atom is 0.191 e. The van der Waals surface area contributed by atoms with Gasteiger partial charge in [-0.05, 0) is 50.1 Å². The maximum atomic E-state index is 10.3. The van der Waals surface area contributed by atoms with Crippen LogP contribution in [0.5, 0.6) is 5.75 Å². The van der Waals surface area contributed by atoms with Gasteiger partial charge in [-0.25, -0.2) is 4.99 Å². The minimum atomic E-state index is -0.640. The van der Waals surface area contributed by atoms with E-state index >= 15 is 0 Å². The second-order valence-corrected chi connectivity index (χ2v) is 6.53. The molecular formula is C22H33IN4O3. The molecule has 1 aromatic heterocycles. The van der Waals surface area contributed by atoms with E-state index in [0.717, 1.165) is 29.0 Å². The second-order valence-electron chi connectivity index (χ2n) is 6.53. The first-order valence-electron chi connectivity index (χ1n) is 10.0. The summed E-state index contributed by atoms with van der Waals surface area (Å²) in [6, 6.07) is 9.70. The SMILES string of the molecule is CCNC(=NCc1ccc(C)cc1OCCOCC)NCC(O)c1ccncc1.I. The number of aryl methyl sites for hydroxylation is 1. The number of nitrogens with one attached hydrogen (secondary N) is 2. The molecule has 1 atom stereocenters. The molecule has 1 aromatic carbocycles. The number of nitrogens with zero attached hydrogens (tertiary/aromatic N) is 2. The number of hydrogen-bond donors (Lipinski definition) is 3. The highest BCUT2D eigenvalue weighted by molar-refractivity contribution is 14.0. The minimum absolute atomic E-state index is 0. The number of guanidine groups is 1. The van der Waals surface area contributed by atoms with Crippen molar-refractivity contribution in [2.24, 2.45) is 4.99 Å². The van der Waals surface area contributed by atoms with Gasteiger partial charge >= 0.3 is 0 Å². The molecule has 30 heavy (non-hydrogen) atoms. The van der Waals surface area contributed by atoms with E-state index in [1.807, 2.05) is 39.0 Å². The van der Waals surface area contributed by atoms with Gasteiger partial charge in [-0.2, -0.15) is 0 Å². The van der Waals surface area contributed by atoms with Crippen LogP contribution in [0, 0.1) is 6.92 Å². The van der Waals surface area contributed by atoms with Crippen LogP contribution in [0.25, 0.3) is 0 Å². The predicted octanol–water partition coefficient (Wildman–Crippen LogP) is 3.21. The van der Waals surface area contributed by atoms with E-state index in [-0.39, 0.29) is 24.0 Å². The van der Waals surface area contributed by atoms with Gasteiger partial charge in [0.15, 0.2) is 5.96 Å². The molecule has 1 unspecified atom stereocenters. The smallest absolute Gasteiger partial charge is 0.191 e. The van der Waals surface area contributed by atoms with E-state index in [1.165, 1.54) is 0 Å². The van der Waals surface area contributed by atoms with Gasteiger partial charge in [0.1, 0.15) is 12.4 Å². The standard InChI is InChI=1S/C22H32N4O3.HI/c1-4-24-22(26-16-20(27)18-8-10-23-11-9-18)25-15-19-7-6-17(3)14-21(19)29-13-12-28-5-2;/h6-11,14,20,27H,4-5,12-13,15-16H2,1-3H3,(H2,24,25,26);1H. The lowest BCUT2D eigenvalue weighted by Crippen LogP contribution is -2.39. The van der Waals surface area contributed by atoms with Crippen LogP contribution in [0.4, 0.5) is 0 Å². The van der Waals surface area contributed by atoms with Gasteiger partial charge in [-0.1, -0.05) is 12.1 Å². The number of aliphatic imine (C=N–C) groups is 1. The molecule has 2 rings (SSSR count). The van der Waals surface area contributed by atoms with Gasteiger partial charge in [-0.3, -0.25) is 4.98 Å². The topological polar surface area (TPSA) is 88.0 Å². The van der Waals surface area contributed by atoms with Crippen molar-refractivity contribution in [3.63, 3.8) is 0 Å². The third kappa shape index (κ3) is 9.27. The summed E-state index contributed by atoms with van der Waals surface area (Å²) in [6.07, 6.45) is 2.70. The van der Waals surface area contributed by atoms with Crippen molar-refractivity contribution in [2.75, 3.05) is 32.9 Å². The molecule has 0 radical (unpaired) electrons. The number of rotatable bonds is 11. The molecule has 0 aliphatic carbocycles. The van der Waals surface area contributed by atoms with Crippen molar-refractivity contribution >= 4 is 29.9 Å². The summed E-state index contributed by atoms with van der Waals surface area (Å²) < 4.78 is 11.2. The Bertz CT molecular complexity index is 759. The summed E-state index contributed by atoms with van der Waals surface area (Å²) in [7, 11) is 0. The summed E-state index contributed by atoms with van der Waals surface area (Å²) in [5, 5.41) is 16.7. The van der Waals surface area contributed by atoms with Crippen molar-refractivity contribution in [1.82, 2.24) is 15.6 Å². The van der Waals surface area contributed by atoms with E-state index in [0.29, 0.717) is 38.9 Å². The van der Waals surface area contributed by atoms with Crippen LogP contribution in [0.15, 0.2) is 47.7 Å². The Balaban J connectivity index is 0.00000450. The maximum absolute atomic E-state index is 10.3. The summed E-state index contributed by atoms with van der Waals surface area (Å²) in [5.74, 6) is 1.46. The highest BCUT2D eigenvalue weighted by atomic mass is 127. The number of aliphatic hydroxyl groups excluding tert-OH is 1. The molecule has 3 N–H and O–H groups in total. The van der Waals surface area contributed by atoms with Crippen LogP contribution in [0.2, 0.25) is 0 Å². The molecule has 0 saturated carbocycles. The molecule has 8 heteroatoms. The Morgan fingerprint density at radius 2 is 1.90 bits per heavy atom. The van der Waals surface area contributed by atoms with Crippen molar-refractivity contribution < 1.29 is 14.6 Å². The lowest BCUT2D eigenvalue weighted by atomic mass is 10.1. The molecule has 1 heterocycles. The molecule has 0 fully saturated rings. The van der Waals surface area contributed by atoms with Crippen LogP contribution in [0.1, 0.15) is 36.6 Å². The van der Waals surface area contributed by atoms with Crippen molar-refractivity contribution in [1.29, 1.82) is 0 Å². The molecule has 166 valence electrons. The Labute approximate surface area is 196 Å². The van der Waals surface area contributed by atoms with E-state index in [4.69, 9.17) is 9.47 Å². The summed E-state index contributed by atoms with van der Waals surface area (Å²) in [5.41, 5.74) is 2.94. The zero-order valence-corrected chi connectivity index (χ0v) is 20.3. The molecule has 0 amide bonds. The average Bonchev–Trinajstić information content (AvgIpc) is 2.74. The van der Waals surface area contributed by atoms with Gasteiger partial charge in [-0.15, -0.1) is 24.0 Å². The summed E-state index contributed by atoms with van der Waals surface area (Å²) >= 11 is 0. The van der Waals surface area contributed by atoms with E-state index in [9.17, 15) is 5.11 Å². The first-order valence-corrected chi connectivity index (χ1v) is 10.0. The number of pyridine rings is 1. The van der Waals surface area contributed by atoms with Crippen LogP contribution in [0.3, 0.4) is 0 Å². The minimum Gasteiger partial charge on any atom is -0.491 e. The molecule has 0 bridgehead atoms. The average molecular weight is 528 g/mol. The van der Waals surface area contributed by atoms with E-state index in [1.54, 1.807) is 24.5 Å². The van der Waals surface area contributed by atoms with Gasteiger partial charge in [0.05, 0.1) is 19.3 Å². The largest absolute Gasteiger partial charge is 0.491 e. The number of ether oxygens (including phenoxy) is 2. The second kappa shape index (κ2) is 15.0. The molecule has 0 spiro atoms. The normalized spacial score (nSPS) is 12.1. The first-order chi connectivity index (χ1) is 14.1. The van der Waals surface area contributed by atoms with Crippen LogP contribution >= 0.6 is 24.0 Å². The lowest BCUT2D eigenvalue weighted by Gasteiger charge is -2.16. The highest BCUT2D eigenvalue weighted by Gasteiger charge is 2.09. The Kier molecular flexibility index (Phi) is 13.0.